The summed E-state index contributed by atoms with van der Waals surface area (Å²) in [4.78, 5) is 72.3. The van der Waals surface area contributed by atoms with Gasteiger partial charge < -0.3 is 33.8 Å². The van der Waals surface area contributed by atoms with E-state index in [9.17, 15) is 43.2 Å². The molecule has 17 nitrogen and oxygen atoms in total. The van der Waals surface area contributed by atoms with Crippen LogP contribution in [0.1, 0.15) is 336 Å². The fraction of sp³-hybridized carbons (Fsp3) is 0.886. The zero-order valence-electron chi connectivity index (χ0n) is 57.0. The molecule has 3 N–H and O–H groups in total. The third-order valence-corrected chi connectivity index (χ3v) is 17.9. The number of hydrogen-bond donors (Lipinski definition) is 3. The summed E-state index contributed by atoms with van der Waals surface area (Å²) in [5.41, 5.74) is 0. The first-order valence-corrected chi connectivity index (χ1v) is 39.0. The Morgan fingerprint density at radius 3 is 0.955 bits per heavy atom. The number of carbonyl (C=O) groups excluding carboxylic acids is 4. The second kappa shape index (κ2) is 63.0. The molecule has 19 heteroatoms. The summed E-state index contributed by atoms with van der Waals surface area (Å²) in [7, 11) is -9.90. The third-order valence-electron chi connectivity index (χ3n) is 16.0. The zero-order valence-corrected chi connectivity index (χ0v) is 58.8. The van der Waals surface area contributed by atoms with Crippen molar-refractivity contribution in [2.24, 2.45) is 5.92 Å². The fourth-order valence-corrected chi connectivity index (χ4v) is 11.6. The highest BCUT2D eigenvalue weighted by atomic mass is 31.2. The molecule has 0 aromatic carbocycles. The van der Waals surface area contributed by atoms with Crippen molar-refractivity contribution in [2.45, 2.75) is 355 Å². The molecule has 0 fully saturated rings. The summed E-state index contributed by atoms with van der Waals surface area (Å²) < 4.78 is 68.1. The molecule has 0 rings (SSSR count). The van der Waals surface area contributed by atoms with Gasteiger partial charge in [-0.3, -0.25) is 37.3 Å². The summed E-state index contributed by atoms with van der Waals surface area (Å²) in [6, 6.07) is 0. The SMILES string of the molecule is CCCCCC/C=C\C=C/CCCCCCCC(=O)OC[C@H](COP(=O)(O)OC[C@@H](O)COP(=O)(O)OC[C@@H](COC(=O)CCCCCCCCCC)OC(=O)CCCCCCCCCC)OC(=O)CCCCCCCCCCCCCCCCC(C)CC. The number of aliphatic hydroxyl groups excluding tert-OH is 1. The van der Waals surface area contributed by atoms with Gasteiger partial charge >= 0.3 is 39.5 Å². The van der Waals surface area contributed by atoms with Crippen molar-refractivity contribution in [1.29, 1.82) is 0 Å². The lowest BCUT2D eigenvalue weighted by Crippen LogP contribution is -2.30. The number of phosphoric acid groups is 2. The highest BCUT2D eigenvalue weighted by Crippen LogP contribution is 2.45. The van der Waals surface area contributed by atoms with Crippen LogP contribution >= 0.6 is 15.6 Å². The van der Waals surface area contributed by atoms with Gasteiger partial charge in [0.15, 0.2) is 12.2 Å². The van der Waals surface area contributed by atoms with E-state index in [2.05, 4.69) is 58.9 Å². The van der Waals surface area contributed by atoms with E-state index >= 15 is 0 Å². The highest BCUT2D eigenvalue weighted by Gasteiger charge is 2.30. The van der Waals surface area contributed by atoms with Crippen LogP contribution in [0.5, 0.6) is 0 Å². The average Bonchev–Trinajstić information content (AvgIpc) is 3.67. The second-order valence-corrected chi connectivity index (χ2v) is 27.7. The second-order valence-electron chi connectivity index (χ2n) is 24.8. The summed E-state index contributed by atoms with van der Waals surface area (Å²) in [5, 5.41) is 10.6. The number of allylic oxidation sites excluding steroid dienone is 4. The number of aliphatic hydroxyl groups is 1. The van der Waals surface area contributed by atoms with Gasteiger partial charge in [0.2, 0.25) is 0 Å². The summed E-state index contributed by atoms with van der Waals surface area (Å²) in [5.74, 6) is -1.32. The van der Waals surface area contributed by atoms with Crippen molar-refractivity contribution in [2.75, 3.05) is 39.6 Å². The first kappa shape index (κ1) is 86.5. The van der Waals surface area contributed by atoms with Gasteiger partial charge in [-0.25, -0.2) is 9.13 Å². The summed E-state index contributed by atoms with van der Waals surface area (Å²) in [6.45, 7) is 7.17. The number of rotatable bonds is 68. The molecule has 89 heavy (non-hydrogen) atoms. The Balaban J connectivity index is 5.22. The number of phosphoric ester groups is 2. The molecule has 0 aliphatic heterocycles. The van der Waals surface area contributed by atoms with Crippen LogP contribution in [-0.4, -0.2) is 96.7 Å². The molecule has 0 heterocycles. The summed E-state index contributed by atoms with van der Waals surface area (Å²) in [6.07, 6.45) is 52.2. The Labute approximate surface area is 542 Å². The van der Waals surface area contributed by atoms with Crippen LogP contribution in [0.4, 0.5) is 0 Å². The molecule has 0 bridgehead atoms. The Bertz CT molecular complexity index is 1810. The molecule has 0 aliphatic carbocycles. The van der Waals surface area contributed by atoms with Gasteiger partial charge in [0.1, 0.15) is 19.3 Å². The fourth-order valence-electron chi connectivity index (χ4n) is 10.1. The van der Waals surface area contributed by atoms with E-state index in [1.165, 1.54) is 128 Å². The van der Waals surface area contributed by atoms with Crippen LogP contribution in [-0.2, 0) is 65.4 Å². The van der Waals surface area contributed by atoms with Gasteiger partial charge in [-0.15, -0.1) is 0 Å². The van der Waals surface area contributed by atoms with Crippen LogP contribution < -0.4 is 0 Å². The van der Waals surface area contributed by atoms with Crippen molar-refractivity contribution in [3.63, 3.8) is 0 Å². The van der Waals surface area contributed by atoms with E-state index in [0.717, 1.165) is 128 Å². The van der Waals surface area contributed by atoms with Crippen molar-refractivity contribution < 1.29 is 80.2 Å². The van der Waals surface area contributed by atoms with Crippen LogP contribution in [0.25, 0.3) is 0 Å². The molecule has 0 amide bonds. The topological polar surface area (TPSA) is 237 Å². The predicted octanol–water partition coefficient (Wildman–Crippen LogP) is 19.7. The molecule has 0 spiro atoms. The summed E-state index contributed by atoms with van der Waals surface area (Å²) >= 11 is 0. The molecule has 0 saturated carbocycles. The average molecular weight is 1310 g/mol. The third kappa shape index (κ3) is 62.7. The van der Waals surface area contributed by atoms with Crippen molar-refractivity contribution in [3.05, 3.63) is 24.3 Å². The van der Waals surface area contributed by atoms with Gasteiger partial charge in [0.25, 0.3) is 0 Å². The van der Waals surface area contributed by atoms with E-state index in [1.54, 1.807) is 0 Å². The van der Waals surface area contributed by atoms with E-state index in [4.69, 9.17) is 37.0 Å². The Kier molecular flexibility index (Phi) is 61.2. The van der Waals surface area contributed by atoms with Crippen molar-refractivity contribution in [3.8, 4) is 0 Å². The van der Waals surface area contributed by atoms with Gasteiger partial charge in [-0.05, 0) is 57.3 Å². The highest BCUT2D eigenvalue weighted by molar-refractivity contribution is 7.47. The molecule has 0 saturated heterocycles. The maximum absolute atomic E-state index is 13.0. The van der Waals surface area contributed by atoms with Gasteiger partial charge in [-0.1, -0.05) is 284 Å². The zero-order chi connectivity index (χ0) is 65.6. The maximum Gasteiger partial charge on any atom is 0.472 e. The minimum absolute atomic E-state index is 0.101. The van der Waals surface area contributed by atoms with E-state index in [-0.39, 0.29) is 25.7 Å². The molecule has 0 aromatic heterocycles. The van der Waals surface area contributed by atoms with Crippen molar-refractivity contribution in [1.82, 2.24) is 0 Å². The first-order valence-electron chi connectivity index (χ1n) is 36.0. The van der Waals surface area contributed by atoms with Crippen molar-refractivity contribution >= 4 is 39.5 Å². The Hall–Kier alpha value is -2.46. The lowest BCUT2D eigenvalue weighted by molar-refractivity contribution is -0.161. The monoisotopic (exact) mass is 1310 g/mol. The van der Waals surface area contributed by atoms with Crippen LogP contribution in [0.3, 0.4) is 0 Å². The van der Waals surface area contributed by atoms with Gasteiger partial charge in [0, 0.05) is 25.7 Å². The molecule has 3 unspecified atom stereocenters. The molecule has 524 valence electrons. The molecule has 0 radical (unpaired) electrons. The minimum Gasteiger partial charge on any atom is -0.462 e. The number of ether oxygens (including phenoxy) is 4. The van der Waals surface area contributed by atoms with Gasteiger partial charge in [0.05, 0.1) is 26.4 Å². The predicted molar refractivity (Wildman–Crippen MR) is 358 cm³/mol. The first-order chi connectivity index (χ1) is 43.1. The van der Waals surface area contributed by atoms with E-state index in [1.807, 2.05) is 0 Å². The lowest BCUT2D eigenvalue weighted by Gasteiger charge is -2.21. The normalized spacial score (nSPS) is 14.6. The smallest absolute Gasteiger partial charge is 0.462 e. The van der Waals surface area contributed by atoms with E-state index in [0.29, 0.717) is 25.7 Å². The molecule has 0 aromatic rings. The Morgan fingerprint density at radius 2 is 0.629 bits per heavy atom. The molecule has 0 aliphatic rings. The lowest BCUT2D eigenvalue weighted by atomic mass is 9.99. The van der Waals surface area contributed by atoms with Crippen LogP contribution in [0, 0.1) is 5.92 Å². The standard InChI is InChI=1S/C70H132O17P2/c1-6-10-13-16-19-22-23-24-25-29-32-35-40-44-49-54-68(73)81-60-66(87-70(75)56-51-46-41-36-33-30-27-26-28-31-34-37-42-47-52-63(5)9-4)62-85-89(78,79)83-58-64(71)57-82-88(76,77)84-61-65(86-69(74)55-50-45-39-21-18-15-12-8-3)59-80-67(72)53-48-43-38-20-17-14-11-7-2/h22-25,63-66,71H,6-21,26-62H2,1-5H3,(H,76,77)(H,78,79)/b23-22-,25-24-/t63?,64-,65+,66+/m0/s1. The maximum atomic E-state index is 13.0. The molecule has 6 atom stereocenters. The largest absolute Gasteiger partial charge is 0.472 e. The number of hydrogen-bond acceptors (Lipinski definition) is 15. The van der Waals surface area contributed by atoms with Crippen LogP contribution in [0.15, 0.2) is 24.3 Å². The number of unbranched alkanes of at least 4 members (excludes halogenated alkanes) is 36. The van der Waals surface area contributed by atoms with Crippen LogP contribution in [0.2, 0.25) is 0 Å². The minimum atomic E-state index is -4.96. The molecular weight excluding hydrogens is 1170 g/mol. The molecular formula is C70H132O17P2. The van der Waals surface area contributed by atoms with E-state index < -0.39 is 97.5 Å². The Morgan fingerprint density at radius 1 is 0.360 bits per heavy atom. The number of esters is 4. The number of carbonyl (C=O) groups is 4. The van der Waals surface area contributed by atoms with Gasteiger partial charge in [-0.2, -0.15) is 0 Å². The quantitative estimate of drug-likeness (QED) is 0.0169.